The number of rotatable bonds is 6. The van der Waals surface area contributed by atoms with Crippen LogP contribution in [0, 0.1) is 0 Å². The quantitative estimate of drug-likeness (QED) is 0.449. The largest absolute Gasteiger partial charge is 0.472 e. The van der Waals surface area contributed by atoms with Gasteiger partial charge in [-0.1, -0.05) is 0 Å². The van der Waals surface area contributed by atoms with E-state index < -0.39 is 47.0 Å². The number of nitrogens with one attached hydrogen (secondary N) is 1. The van der Waals surface area contributed by atoms with Crippen molar-refractivity contribution in [2.24, 2.45) is 0 Å². The number of amides is 2. The van der Waals surface area contributed by atoms with E-state index in [0.29, 0.717) is 0 Å². The predicted molar refractivity (Wildman–Crippen MR) is 126 cm³/mol. The van der Waals surface area contributed by atoms with Crippen LogP contribution in [-0.4, -0.2) is 77.6 Å². The summed E-state index contributed by atoms with van der Waals surface area (Å²) in [7, 11) is 2.35. The van der Waals surface area contributed by atoms with Gasteiger partial charge in [0.05, 0.1) is 27.3 Å². The van der Waals surface area contributed by atoms with Gasteiger partial charge < -0.3 is 29.0 Å². The summed E-state index contributed by atoms with van der Waals surface area (Å²) in [5.74, 6) is -1.40. The minimum Gasteiger partial charge on any atom is -0.472 e. The lowest BCUT2D eigenvalue weighted by Crippen LogP contribution is -2.49. The Morgan fingerprint density at radius 2 is 1.69 bits per heavy atom. The van der Waals surface area contributed by atoms with Crippen molar-refractivity contribution in [1.82, 2.24) is 15.2 Å². The fourth-order valence-electron chi connectivity index (χ4n) is 3.51. The molecule has 0 saturated carbocycles. The maximum atomic E-state index is 13.0. The summed E-state index contributed by atoms with van der Waals surface area (Å²) in [6.45, 7) is 9.82. The van der Waals surface area contributed by atoms with Gasteiger partial charge in [-0.25, -0.2) is 19.2 Å². The van der Waals surface area contributed by atoms with E-state index in [9.17, 15) is 19.2 Å². The lowest BCUT2D eigenvalue weighted by molar-refractivity contribution is -0.158. The summed E-state index contributed by atoms with van der Waals surface area (Å²) in [6, 6.07) is 1.96. The van der Waals surface area contributed by atoms with Crippen LogP contribution in [0.5, 0.6) is 5.75 Å². The topological polar surface area (TPSA) is 143 Å². The van der Waals surface area contributed by atoms with E-state index in [4.69, 9.17) is 23.7 Å². The number of carbonyl (C=O) groups is 4. The summed E-state index contributed by atoms with van der Waals surface area (Å²) in [4.78, 5) is 55.9. The van der Waals surface area contributed by atoms with Crippen LogP contribution in [0.2, 0.25) is 0 Å². The molecule has 200 valence electrons. The van der Waals surface area contributed by atoms with Crippen molar-refractivity contribution in [3.8, 4) is 5.75 Å². The zero-order valence-corrected chi connectivity index (χ0v) is 22.0. The highest BCUT2D eigenvalue weighted by atomic mass is 16.6. The van der Waals surface area contributed by atoms with Crippen LogP contribution < -0.4 is 10.1 Å². The van der Waals surface area contributed by atoms with Crippen molar-refractivity contribution < 1.29 is 42.9 Å². The maximum Gasteiger partial charge on any atom is 0.411 e. The number of ether oxygens (including phenoxy) is 5. The van der Waals surface area contributed by atoms with Crippen LogP contribution >= 0.6 is 0 Å². The molecule has 1 N–H and O–H groups in total. The molecule has 1 saturated heterocycles. The van der Waals surface area contributed by atoms with Crippen LogP contribution in [-0.2, 0) is 35.1 Å². The average Bonchev–Trinajstić information content (AvgIpc) is 3.16. The Bertz CT molecular complexity index is 984. The monoisotopic (exact) mass is 509 g/mol. The van der Waals surface area contributed by atoms with Crippen LogP contribution in [0.4, 0.5) is 9.59 Å². The van der Waals surface area contributed by atoms with Crippen LogP contribution in [0.1, 0.15) is 53.7 Å². The Morgan fingerprint density at radius 1 is 1.06 bits per heavy atom. The molecule has 1 fully saturated rings. The lowest BCUT2D eigenvalue weighted by atomic mass is 9.99. The molecule has 12 nitrogen and oxygen atoms in total. The van der Waals surface area contributed by atoms with Gasteiger partial charge in [0.15, 0.2) is 0 Å². The molecule has 36 heavy (non-hydrogen) atoms. The zero-order valence-electron chi connectivity index (χ0n) is 22.0. The van der Waals surface area contributed by atoms with Gasteiger partial charge in [-0.3, -0.25) is 9.88 Å². The molecule has 2 heterocycles. The van der Waals surface area contributed by atoms with Gasteiger partial charge in [0.25, 0.3) is 0 Å². The molecule has 0 radical (unpaired) electrons. The summed E-state index contributed by atoms with van der Waals surface area (Å²) >= 11 is 0. The number of carbonyl (C=O) groups excluding carboxylic acids is 4. The number of nitrogens with zero attached hydrogens (tertiary/aromatic N) is 2. The second-order valence-corrected chi connectivity index (χ2v) is 10.2. The van der Waals surface area contributed by atoms with E-state index >= 15 is 0 Å². The first kappa shape index (κ1) is 28.7. The van der Waals surface area contributed by atoms with Crippen molar-refractivity contribution in [1.29, 1.82) is 0 Å². The van der Waals surface area contributed by atoms with Crippen molar-refractivity contribution in [2.45, 2.75) is 77.4 Å². The van der Waals surface area contributed by atoms with E-state index in [2.05, 4.69) is 10.3 Å². The van der Waals surface area contributed by atoms with Gasteiger partial charge in [0.1, 0.15) is 28.7 Å². The van der Waals surface area contributed by atoms with Crippen LogP contribution in [0.15, 0.2) is 18.3 Å². The molecule has 2 amide bonds. The normalized spacial score (nSPS) is 19.8. The Hall–Kier alpha value is -3.57. The van der Waals surface area contributed by atoms with Gasteiger partial charge in [-0.2, -0.15) is 0 Å². The second kappa shape index (κ2) is 11.0. The standard InChI is InChI=1S/C24H35N3O9/c1-22(2,3)35-20(30)26-13-15-17(10-9-11-25-15)34-24(19(29)33-8)12-16(18(28)32-7)27(14-24)21(31)36-23(4,5)6/h9-11,16H,12-14H2,1-8H3,(H,26,30)/t16-,24+/m0/s1. The fourth-order valence-corrected chi connectivity index (χ4v) is 3.51. The first-order valence-corrected chi connectivity index (χ1v) is 11.4. The molecule has 12 heteroatoms. The highest BCUT2D eigenvalue weighted by molar-refractivity contribution is 5.88. The molecule has 2 atom stereocenters. The highest BCUT2D eigenvalue weighted by Gasteiger charge is 2.57. The van der Waals surface area contributed by atoms with E-state index in [1.165, 1.54) is 20.4 Å². The minimum absolute atomic E-state index is 0.0709. The molecule has 0 unspecified atom stereocenters. The van der Waals surface area contributed by atoms with Gasteiger partial charge >= 0.3 is 24.1 Å². The summed E-state index contributed by atoms with van der Waals surface area (Å²) in [5, 5.41) is 2.59. The number of aromatic nitrogens is 1. The van der Waals surface area contributed by atoms with E-state index in [1.807, 2.05) is 0 Å². The lowest BCUT2D eigenvalue weighted by Gasteiger charge is -2.29. The molecule has 0 aliphatic carbocycles. The molecule has 1 aliphatic rings. The third-order valence-electron chi connectivity index (χ3n) is 4.94. The molecule has 0 bridgehead atoms. The van der Waals surface area contributed by atoms with E-state index in [-0.39, 0.29) is 31.0 Å². The van der Waals surface area contributed by atoms with Crippen LogP contribution in [0.25, 0.3) is 0 Å². The summed E-state index contributed by atoms with van der Waals surface area (Å²) in [5.41, 5.74) is -3.02. The van der Waals surface area contributed by atoms with Crippen molar-refractivity contribution in [3.63, 3.8) is 0 Å². The highest BCUT2D eigenvalue weighted by Crippen LogP contribution is 2.36. The third-order valence-corrected chi connectivity index (χ3v) is 4.94. The van der Waals surface area contributed by atoms with Crippen molar-refractivity contribution in [3.05, 3.63) is 24.0 Å². The number of hydrogen-bond donors (Lipinski definition) is 1. The first-order chi connectivity index (χ1) is 16.6. The van der Waals surface area contributed by atoms with Crippen molar-refractivity contribution in [2.75, 3.05) is 20.8 Å². The number of likely N-dealkylation sites (tertiary alicyclic amines) is 1. The van der Waals surface area contributed by atoms with Crippen molar-refractivity contribution >= 4 is 24.1 Å². The van der Waals surface area contributed by atoms with Gasteiger partial charge in [0.2, 0.25) is 5.60 Å². The fraction of sp³-hybridized carbons (Fsp3) is 0.625. The molecule has 1 aromatic rings. The molecular formula is C24H35N3O9. The van der Waals surface area contributed by atoms with Gasteiger partial charge in [-0.15, -0.1) is 0 Å². The first-order valence-electron chi connectivity index (χ1n) is 11.4. The molecular weight excluding hydrogens is 474 g/mol. The number of hydrogen-bond acceptors (Lipinski definition) is 10. The maximum absolute atomic E-state index is 13.0. The molecule has 0 spiro atoms. The van der Waals surface area contributed by atoms with E-state index in [0.717, 1.165) is 4.90 Å². The Kier molecular flexibility index (Phi) is 8.76. The smallest absolute Gasteiger partial charge is 0.411 e. The number of pyridine rings is 1. The number of methoxy groups -OCH3 is 2. The minimum atomic E-state index is -1.77. The van der Waals surface area contributed by atoms with E-state index in [1.54, 1.807) is 53.7 Å². The van der Waals surface area contributed by atoms with Gasteiger partial charge in [0, 0.05) is 12.6 Å². The second-order valence-electron chi connectivity index (χ2n) is 10.2. The molecule has 0 aromatic carbocycles. The van der Waals surface area contributed by atoms with Gasteiger partial charge in [-0.05, 0) is 53.7 Å². The SMILES string of the molecule is COC(=O)[C@@H]1C[C@](Oc2cccnc2CNC(=O)OC(C)(C)C)(C(=O)OC)CN1C(=O)OC(C)(C)C. The predicted octanol–water partition coefficient (Wildman–Crippen LogP) is 2.58. The zero-order chi connectivity index (χ0) is 27.3. The molecule has 1 aliphatic heterocycles. The number of esters is 2. The summed E-state index contributed by atoms with van der Waals surface area (Å²) in [6.07, 6.45) is -0.239. The Balaban J connectivity index is 2.37. The van der Waals surface area contributed by atoms with Crippen LogP contribution in [0.3, 0.4) is 0 Å². The molecule has 1 aromatic heterocycles. The summed E-state index contributed by atoms with van der Waals surface area (Å²) < 4.78 is 26.6. The number of alkyl carbamates (subject to hydrolysis) is 1. The Morgan fingerprint density at radius 3 is 2.25 bits per heavy atom. The average molecular weight is 510 g/mol. The molecule has 2 rings (SSSR count). The Labute approximate surface area is 210 Å². The third kappa shape index (κ3) is 7.46.